The van der Waals surface area contributed by atoms with Crippen LogP contribution in [0.1, 0.15) is 35.7 Å². The third-order valence-electron chi connectivity index (χ3n) is 5.47. The van der Waals surface area contributed by atoms with Crippen LogP contribution in [0.4, 0.5) is 8.78 Å². The Labute approximate surface area is 176 Å². The highest BCUT2D eigenvalue weighted by Crippen LogP contribution is 2.29. The number of alkyl halides is 2. The van der Waals surface area contributed by atoms with Crippen molar-refractivity contribution < 1.29 is 18.4 Å². The molecule has 0 aliphatic carbocycles. The topological polar surface area (TPSA) is 84.6 Å². The molecule has 0 radical (unpaired) electrons. The van der Waals surface area contributed by atoms with Gasteiger partial charge in [-0.25, -0.2) is 29.1 Å². The number of fused-ring (bicyclic) bond motifs is 1. The Morgan fingerprint density at radius 2 is 2.03 bits per heavy atom. The first-order valence-corrected chi connectivity index (χ1v) is 9.99. The number of aromatic nitrogens is 3. The summed E-state index contributed by atoms with van der Waals surface area (Å²) in [5.74, 6) is -2.37. The minimum absolute atomic E-state index is 0.0452. The smallest absolute Gasteiger partial charge is 0.255 e. The molecular weight excluding hydrogens is 406 g/mol. The van der Waals surface area contributed by atoms with Gasteiger partial charge in [0.05, 0.1) is 17.4 Å². The van der Waals surface area contributed by atoms with Crippen LogP contribution < -0.4 is 5.48 Å². The van der Waals surface area contributed by atoms with E-state index < -0.39 is 5.92 Å². The molecule has 0 saturated carbocycles. The quantitative estimate of drug-likeness (QED) is 0.696. The number of halogens is 2. The van der Waals surface area contributed by atoms with Gasteiger partial charge in [0.25, 0.3) is 11.8 Å². The molecule has 2 aliphatic rings. The van der Waals surface area contributed by atoms with Crippen molar-refractivity contribution in [2.75, 3.05) is 13.1 Å². The first kappa shape index (κ1) is 19.6. The van der Waals surface area contributed by atoms with Crippen LogP contribution in [0.15, 0.2) is 48.0 Å². The van der Waals surface area contributed by atoms with Crippen molar-refractivity contribution in [3.8, 4) is 5.69 Å². The molecule has 8 nitrogen and oxygen atoms in total. The highest BCUT2D eigenvalue weighted by molar-refractivity contribution is 5.99. The molecule has 5 heterocycles. The van der Waals surface area contributed by atoms with Gasteiger partial charge in [0.15, 0.2) is 12.1 Å². The number of nitrogens with one attached hydrogen (secondary N) is 1. The zero-order chi connectivity index (χ0) is 21.6. The van der Waals surface area contributed by atoms with Crippen LogP contribution in [-0.2, 0) is 4.84 Å². The largest absolute Gasteiger partial charge is 0.338 e. The number of nitrogens with zero attached hydrogens (tertiary/aromatic N) is 5. The molecule has 1 amide bonds. The summed E-state index contributed by atoms with van der Waals surface area (Å²) >= 11 is 0. The van der Waals surface area contributed by atoms with Crippen LogP contribution in [0.5, 0.6) is 0 Å². The van der Waals surface area contributed by atoms with Crippen molar-refractivity contribution in [3.63, 3.8) is 0 Å². The maximum absolute atomic E-state index is 13.4. The van der Waals surface area contributed by atoms with Crippen LogP contribution in [0.25, 0.3) is 16.7 Å². The second-order valence-corrected chi connectivity index (χ2v) is 7.70. The maximum atomic E-state index is 13.4. The van der Waals surface area contributed by atoms with E-state index in [1.165, 1.54) is 11.1 Å². The van der Waals surface area contributed by atoms with E-state index in [-0.39, 0.29) is 38.1 Å². The molecule has 3 aromatic heterocycles. The first-order chi connectivity index (χ1) is 14.9. The van der Waals surface area contributed by atoms with Crippen LogP contribution in [0.2, 0.25) is 0 Å². The summed E-state index contributed by atoms with van der Waals surface area (Å²) in [6.45, 7) is 1.92. The number of likely N-dealkylation sites (tertiary alicyclic amines) is 1. The number of hydrogen-bond acceptors (Lipinski definition) is 6. The van der Waals surface area contributed by atoms with Crippen molar-refractivity contribution >= 4 is 22.8 Å². The third kappa shape index (κ3) is 3.74. The lowest BCUT2D eigenvalue weighted by atomic mass is 10.1. The molecule has 1 unspecified atom stereocenters. The van der Waals surface area contributed by atoms with E-state index in [0.717, 1.165) is 16.6 Å². The Kier molecular flexibility index (Phi) is 4.66. The molecule has 3 aromatic rings. The van der Waals surface area contributed by atoms with Crippen molar-refractivity contribution in [2.45, 2.75) is 31.9 Å². The Morgan fingerprint density at radius 3 is 2.77 bits per heavy atom. The number of hydroxylamine groups is 1. The first-order valence-electron chi connectivity index (χ1n) is 9.99. The van der Waals surface area contributed by atoms with E-state index >= 15 is 0 Å². The molecule has 31 heavy (non-hydrogen) atoms. The number of carbonyl (C=O) groups is 1. The normalized spacial score (nSPS) is 20.5. The van der Waals surface area contributed by atoms with Crippen LogP contribution >= 0.6 is 0 Å². The number of amides is 1. The minimum atomic E-state index is -2.69. The van der Waals surface area contributed by atoms with Crippen molar-refractivity contribution in [1.29, 1.82) is 0 Å². The molecule has 10 heteroatoms. The van der Waals surface area contributed by atoms with E-state index in [2.05, 4.69) is 20.4 Å². The fraction of sp³-hybridized carbons (Fsp3) is 0.333. The molecule has 2 aliphatic heterocycles. The summed E-state index contributed by atoms with van der Waals surface area (Å²) in [7, 11) is 0. The lowest BCUT2D eigenvalue weighted by Crippen LogP contribution is -2.42. The molecule has 1 N–H and O–H groups in total. The van der Waals surface area contributed by atoms with Gasteiger partial charge in [0.1, 0.15) is 5.65 Å². The van der Waals surface area contributed by atoms with Crippen LogP contribution in [0, 0.1) is 0 Å². The number of carbonyl (C=O) groups excluding carboxylic acids is 1. The molecule has 0 bridgehead atoms. The number of amidine groups is 1. The summed E-state index contributed by atoms with van der Waals surface area (Å²) in [6, 6.07) is 5.50. The van der Waals surface area contributed by atoms with Gasteiger partial charge in [-0.15, -0.1) is 0 Å². The van der Waals surface area contributed by atoms with E-state index in [9.17, 15) is 13.6 Å². The molecule has 0 aromatic carbocycles. The van der Waals surface area contributed by atoms with Gasteiger partial charge in [0, 0.05) is 55.5 Å². The van der Waals surface area contributed by atoms with E-state index in [4.69, 9.17) is 4.84 Å². The minimum Gasteiger partial charge on any atom is -0.338 e. The number of piperidine rings is 1. The molecule has 5 rings (SSSR count). The SMILES string of the molecule is CC1N=C(c2cncc(-n3ccc4cc(C(=O)N5CCC(F)(F)CC5)cnc43)c2)NO1. The summed E-state index contributed by atoms with van der Waals surface area (Å²) in [5, 5.41) is 0.770. The van der Waals surface area contributed by atoms with E-state index in [1.807, 2.05) is 29.8 Å². The van der Waals surface area contributed by atoms with Gasteiger partial charge in [-0.3, -0.25) is 14.3 Å². The third-order valence-corrected chi connectivity index (χ3v) is 5.47. The van der Waals surface area contributed by atoms with Crippen molar-refractivity contribution in [1.82, 2.24) is 24.9 Å². The van der Waals surface area contributed by atoms with Gasteiger partial charge < -0.3 is 4.90 Å². The lowest BCUT2D eigenvalue weighted by molar-refractivity contribution is -0.0494. The summed E-state index contributed by atoms with van der Waals surface area (Å²) in [5.41, 5.74) is 5.38. The maximum Gasteiger partial charge on any atom is 0.255 e. The summed E-state index contributed by atoms with van der Waals surface area (Å²) in [4.78, 5) is 32.6. The average molecular weight is 426 g/mol. The molecule has 160 valence electrons. The van der Waals surface area contributed by atoms with E-state index in [1.54, 1.807) is 18.5 Å². The van der Waals surface area contributed by atoms with Gasteiger partial charge in [-0.05, 0) is 25.1 Å². The number of hydrogen-bond donors (Lipinski definition) is 1. The zero-order valence-electron chi connectivity index (χ0n) is 16.8. The summed E-state index contributed by atoms with van der Waals surface area (Å²) in [6.07, 6.45) is 5.85. The number of rotatable bonds is 3. The fourth-order valence-corrected chi connectivity index (χ4v) is 3.77. The van der Waals surface area contributed by atoms with Gasteiger partial charge in [-0.2, -0.15) is 0 Å². The predicted molar refractivity (Wildman–Crippen MR) is 109 cm³/mol. The second-order valence-electron chi connectivity index (χ2n) is 7.70. The molecule has 0 spiro atoms. The van der Waals surface area contributed by atoms with Crippen molar-refractivity contribution in [2.24, 2.45) is 4.99 Å². The van der Waals surface area contributed by atoms with Crippen LogP contribution in [0.3, 0.4) is 0 Å². The molecular formula is C21H20F2N6O2. The average Bonchev–Trinajstić information content (AvgIpc) is 3.39. The Bertz CT molecular complexity index is 1180. The second kappa shape index (κ2) is 7.38. The Morgan fingerprint density at radius 1 is 1.23 bits per heavy atom. The van der Waals surface area contributed by atoms with Gasteiger partial charge in [0.2, 0.25) is 0 Å². The fourth-order valence-electron chi connectivity index (χ4n) is 3.77. The molecule has 1 atom stereocenters. The van der Waals surface area contributed by atoms with Crippen molar-refractivity contribution in [3.05, 3.63) is 54.1 Å². The van der Waals surface area contributed by atoms with Crippen LogP contribution in [-0.4, -0.2) is 56.4 Å². The lowest BCUT2D eigenvalue weighted by Gasteiger charge is -2.31. The Balaban J connectivity index is 1.42. The highest BCUT2D eigenvalue weighted by Gasteiger charge is 2.35. The monoisotopic (exact) mass is 426 g/mol. The molecule has 1 fully saturated rings. The number of aliphatic imine (C=N–C) groups is 1. The number of pyridine rings is 2. The van der Waals surface area contributed by atoms with Gasteiger partial charge in [-0.1, -0.05) is 0 Å². The highest BCUT2D eigenvalue weighted by atomic mass is 19.3. The standard InChI is InChI=1S/C21H20F2N6O2/c1-13-26-18(27-31-13)15-9-17(12-24-10-15)29-5-2-14-8-16(11-25-19(14)29)20(30)28-6-3-21(22,23)4-7-28/h2,5,8-13H,3-4,6-7H2,1H3,(H,26,27). The zero-order valence-corrected chi connectivity index (χ0v) is 16.8. The predicted octanol–water partition coefficient (Wildman–Crippen LogP) is 2.92. The Hall–Kier alpha value is -3.40. The van der Waals surface area contributed by atoms with E-state index in [0.29, 0.717) is 17.0 Å². The summed E-state index contributed by atoms with van der Waals surface area (Å²) < 4.78 is 28.6. The van der Waals surface area contributed by atoms with Gasteiger partial charge >= 0.3 is 0 Å². The molecule has 1 saturated heterocycles.